The first-order valence-electron chi connectivity index (χ1n) is 11.4. The van der Waals surface area contributed by atoms with E-state index < -0.39 is 0 Å². The van der Waals surface area contributed by atoms with Gasteiger partial charge in [-0.15, -0.1) is 10.2 Å². The SMILES string of the molecule is C=C(N)c1cnn(-c2ccc(-c3ccc(N(C)C4CC(C)(C)NC(C)(C)C4)nn3)c(C)c2)c1. The van der Waals surface area contributed by atoms with Crippen LogP contribution in [-0.4, -0.2) is 44.1 Å². The van der Waals surface area contributed by atoms with Gasteiger partial charge in [0.2, 0.25) is 0 Å². The van der Waals surface area contributed by atoms with Gasteiger partial charge < -0.3 is 16.0 Å². The number of piperidine rings is 1. The standard InChI is InChI=1S/C26H35N7/c1-17-12-20(33-16-19(15-28-33)18(2)27)8-9-22(17)23-10-11-24(30-29-23)32(7)21-13-25(3,4)31-26(5,6)14-21/h8-12,15-16,21,31H,2,13-14,27H2,1,3-7H3. The van der Waals surface area contributed by atoms with Gasteiger partial charge in [-0.3, -0.25) is 0 Å². The van der Waals surface area contributed by atoms with Crippen LogP contribution in [0.2, 0.25) is 0 Å². The van der Waals surface area contributed by atoms with E-state index in [2.05, 4.69) is 98.0 Å². The van der Waals surface area contributed by atoms with Crippen molar-refractivity contribution in [3.8, 4) is 16.9 Å². The number of nitrogens with one attached hydrogen (secondary N) is 1. The predicted octanol–water partition coefficient (Wildman–Crippen LogP) is 4.31. The molecule has 0 amide bonds. The van der Waals surface area contributed by atoms with Crippen molar-refractivity contribution in [1.82, 2.24) is 25.3 Å². The van der Waals surface area contributed by atoms with Crippen LogP contribution in [-0.2, 0) is 0 Å². The van der Waals surface area contributed by atoms with E-state index in [1.165, 1.54) is 0 Å². The Balaban J connectivity index is 1.53. The number of benzene rings is 1. The van der Waals surface area contributed by atoms with E-state index in [-0.39, 0.29) is 11.1 Å². The van der Waals surface area contributed by atoms with E-state index in [4.69, 9.17) is 5.73 Å². The average Bonchev–Trinajstić information content (AvgIpc) is 3.22. The predicted molar refractivity (Wildman–Crippen MR) is 135 cm³/mol. The van der Waals surface area contributed by atoms with Crippen molar-refractivity contribution < 1.29 is 0 Å². The van der Waals surface area contributed by atoms with E-state index >= 15 is 0 Å². The van der Waals surface area contributed by atoms with Crippen molar-refractivity contribution in [2.45, 2.75) is 64.6 Å². The summed E-state index contributed by atoms with van der Waals surface area (Å²) in [5, 5.41) is 17.3. The first-order valence-corrected chi connectivity index (χ1v) is 11.4. The molecule has 0 aliphatic carbocycles. The fourth-order valence-corrected chi connectivity index (χ4v) is 5.09. The number of nitrogens with zero attached hydrogens (tertiary/aromatic N) is 5. The molecule has 3 aromatic rings. The van der Waals surface area contributed by atoms with Crippen molar-refractivity contribution in [3.63, 3.8) is 0 Å². The Bertz CT molecular complexity index is 1140. The van der Waals surface area contributed by atoms with Crippen LogP contribution >= 0.6 is 0 Å². The zero-order chi connectivity index (χ0) is 24.0. The summed E-state index contributed by atoms with van der Waals surface area (Å²) < 4.78 is 1.80. The maximum absolute atomic E-state index is 5.77. The van der Waals surface area contributed by atoms with Crippen LogP contribution in [0.1, 0.15) is 51.7 Å². The molecule has 3 N–H and O–H groups in total. The van der Waals surface area contributed by atoms with Gasteiger partial charge in [-0.25, -0.2) is 4.68 Å². The first kappa shape index (κ1) is 23.0. The van der Waals surface area contributed by atoms with Crippen LogP contribution in [0.25, 0.3) is 22.6 Å². The topological polar surface area (TPSA) is 84.9 Å². The van der Waals surface area contributed by atoms with Gasteiger partial charge >= 0.3 is 0 Å². The van der Waals surface area contributed by atoms with Crippen LogP contribution in [0.3, 0.4) is 0 Å². The average molecular weight is 446 g/mol. The summed E-state index contributed by atoms with van der Waals surface area (Å²) in [5.41, 5.74) is 11.2. The van der Waals surface area contributed by atoms with E-state index in [0.29, 0.717) is 11.7 Å². The van der Waals surface area contributed by atoms with Gasteiger partial charge in [-0.05, 0) is 77.3 Å². The molecule has 1 aliphatic rings. The summed E-state index contributed by atoms with van der Waals surface area (Å²) in [6, 6.07) is 10.7. The summed E-state index contributed by atoms with van der Waals surface area (Å²) in [6.07, 6.45) is 5.72. The molecule has 2 aromatic heterocycles. The molecule has 0 unspecified atom stereocenters. The lowest BCUT2D eigenvalue weighted by Gasteiger charge is -2.49. The van der Waals surface area contributed by atoms with Crippen molar-refractivity contribution >= 4 is 11.5 Å². The number of aryl methyl sites for hydroxylation is 1. The molecule has 3 heterocycles. The van der Waals surface area contributed by atoms with E-state index in [9.17, 15) is 0 Å². The lowest BCUT2D eigenvalue weighted by molar-refractivity contribution is 0.160. The molecular weight excluding hydrogens is 410 g/mol. The largest absolute Gasteiger partial charge is 0.399 e. The van der Waals surface area contributed by atoms with Crippen LogP contribution in [0.4, 0.5) is 5.82 Å². The summed E-state index contributed by atoms with van der Waals surface area (Å²) >= 11 is 0. The lowest BCUT2D eigenvalue weighted by Crippen LogP contribution is -2.62. The molecule has 4 rings (SSSR count). The fraction of sp³-hybridized carbons (Fsp3) is 0.423. The van der Waals surface area contributed by atoms with Crippen LogP contribution in [0.15, 0.2) is 49.3 Å². The maximum Gasteiger partial charge on any atom is 0.151 e. The fourth-order valence-electron chi connectivity index (χ4n) is 5.09. The summed E-state index contributed by atoms with van der Waals surface area (Å²) in [7, 11) is 2.13. The molecule has 7 nitrogen and oxygen atoms in total. The summed E-state index contributed by atoms with van der Waals surface area (Å²) in [4.78, 5) is 2.28. The highest BCUT2D eigenvalue weighted by molar-refractivity contribution is 5.66. The number of anilines is 1. The maximum atomic E-state index is 5.77. The molecule has 1 fully saturated rings. The second-order valence-electron chi connectivity index (χ2n) is 10.5. The Morgan fingerprint density at radius 1 is 1.12 bits per heavy atom. The number of nitrogens with two attached hydrogens (primary N) is 1. The Morgan fingerprint density at radius 3 is 2.36 bits per heavy atom. The van der Waals surface area contributed by atoms with Gasteiger partial charge in [0.15, 0.2) is 5.82 Å². The molecule has 1 aliphatic heterocycles. The number of rotatable bonds is 5. The normalized spacial score (nSPS) is 17.6. The first-order chi connectivity index (χ1) is 15.4. The van der Waals surface area contributed by atoms with Crippen molar-refractivity contribution in [2.24, 2.45) is 5.73 Å². The van der Waals surface area contributed by atoms with Crippen LogP contribution in [0.5, 0.6) is 0 Å². The number of aromatic nitrogens is 4. The van der Waals surface area contributed by atoms with Crippen molar-refractivity contribution in [3.05, 3.63) is 60.4 Å². The van der Waals surface area contributed by atoms with Crippen LogP contribution in [0, 0.1) is 6.92 Å². The zero-order valence-corrected chi connectivity index (χ0v) is 20.6. The number of hydrogen-bond acceptors (Lipinski definition) is 6. The Morgan fingerprint density at radius 2 is 1.82 bits per heavy atom. The molecule has 174 valence electrons. The monoisotopic (exact) mass is 445 g/mol. The molecule has 33 heavy (non-hydrogen) atoms. The molecule has 1 aromatic carbocycles. The van der Waals surface area contributed by atoms with Gasteiger partial charge in [0.25, 0.3) is 0 Å². The van der Waals surface area contributed by atoms with E-state index in [1.807, 2.05) is 12.3 Å². The Kier molecular flexibility index (Phi) is 5.78. The van der Waals surface area contributed by atoms with Gasteiger partial charge in [0.1, 0.15) is 0 Å². The van der Waals surface area contributed by atoms with E-state index in [0.717, 1.165) is 46.7 Å². The van der Waals surface area contributed by atoms with Gasteiger partial charge in [0.05, 0.1) is 17.6 Å². The second kappa shape index (κ2) is 8.30. The zero-order valence-electron chi connectivity index (χ0n) is 20.6. The quantitative estimate of drug-likeness (QED) is 0.609. The summed E-state index contributed by atoms with van der Waals surface area (Å²) in [5.74, 6) is 0.901. The van der Waals surface area contributed by atoms with Gasteiger partial charge in [0, 0.05) is 47.2 Å². The van der Waals surface area contributed by atoms with Crippen LogP contribution < -0.4 is 16.0 Å². The van der Waals surface area contributed by atoms with Gasteiger partial charge in [-0.2, -0.15) is 5.10 Å². The molecule has 1 saturated heterocycles. The van der Waals surface area contributed by atoms with Crippen molar-refractivity contribution in [2.75, 3.05) is 11.9 Å². The highest BCUT2D eigenvalue weighted by Crippen LogP contribution is 2.33. The molecular formula is C26H35N7. The minimum Gasteiger partial charge on any atom is -0.399 e. The molecule has 7 heteroatoms. The third kappa shape index (κ3) is 4.93. The van der Waals surface area contributed by atoms with E-state index in [1.54, 1.807) is 10.9 Å². The molecule has 0 radical (unpaired) electrons. The smallest absolute Gasteiger partial charge is 0.151 e. The molecule has 0 atom stereocenters. The highest BCUT2D eigenvalue weighted by Gasteiger charge is 2.39. The highest BCUT2D eigenvalue weighted by atomic mass is 15.3. The van der Waals surface area contributed by atoms with Gasteiger partial charge in [-0.1, -0.05) is 12.6 Å². The Hall–Kier alpha value is -3.19. The number of hydrogen-bond donors (Lipinski definition) is 2. The molecule has 0 spiro atoms. The lowest BCUT2D eigenvalue weighted by atomic mass is 9.79. The summed E-state index contributed by atoms with van der Waals surface area (Å²) in [6.45, 7) is 14.9. The minimum absolute atomic E-state index is 0.0830. The second-order valence-corrected chi connectivity index (χ2v) is 10.5. The molecule has 0 bridgehead atoms. The minimum atomic E-state index is 0.0830. The third-order valence-electron chi connectivity index (χ3n) is 6.43. The van der Waals surface area contributed by atoms with Crippen molar-refractivity contribution in [1.29, 1.82) is 0 Å². The third-order valence-corrected chi connectivity index (χ3v) is 6.43. The Labute approximate surface area is 196 Å². The molecule has 0 saturated carbocycles.